The first kappa shape index (κ1) is 14.6. The van der Waals surface area contributed by atoms with Crippen LogP contribution in [-0.2, 0) is 17.7 Å². The Labute approximate surface area is 130 Å². The van der Waals surface area contributed by atoms with E-state index < -0.39 is 0 Å². The van der Waals surface area contributed by atoms with E-state index in [1.54, 1.807) is 6.20 Å². The highest BCUT2D eigenvalue weighted by molar-refractivity contribution is 5.89. The van der Waals surface area contributed by atoms with Crippen LogP contribution >= 0.6 is 0 Å². The van der Waals surface area contributed by atoms with Gasteiger partial charge in [-0.2, -0.15) is 0 Å². The fourth-order valence-electron chi connectivity index (χ4n) is 3.08. The number of fused-ring (bicyclic) bond motifs is 1. The molecule has 0 aliphatic carbocycles. The Hall–Kier alpha value is -2.36. The highest BCUT2D eigenvalue weighted by Crippen LogP contribution is 2.30. The van der Waals surface area contributed by atoms with Gasteiger partial charge in [-0.25, -0.2) is 4.79 Å². The molecule has 1 aliphatic rings. The molecular formula is C18H20N2O2. The predicted molar refractivity (Wildman–Crippen MR) is 85.9 cm³/mol. The highest BCUT2D eigenvalue weighted by Gasteiger charge is 2.21. The predicted octanol–water partition coefficient (Wildman–Crippen LogP) is 3.07. The second-order valence-electron chi connectivity index (χ2n) is 5.89. The first-order chi connectivity index (χ1) is 10.7. The largest absolute Gasteiger partial charge is 0.465 e. The number of carbonyl (C=O) groups is 1. The number of nitrogens with zero attached hydrogens (tertiary/aromatic N) is 2. The summed E-state index contributed by atoms with van der Waals surface area (Å²) in [6, 6.07) is 10.4. The van der Waals surface area contributed by atoms with Crippen molar-refractivity contribution >= 4 is 11.7 Å². The van der Waals surface area contributed by atoms with Crippen molar-refractivity contribution < 1.29 is 9.53 Å². The summed E-state index contributed by atoms with van der Waals surface area (Å²) in [5, 5.41) is 0. The average molecular weight is 296 g/mol. The van der Waals surface area contributed by atoms with Crippen molar-refractivity contribution in [2.75, 3.05) is 18.6 Å². The molecule has 0 saturated heterocycles. The maximum Gasteiger partial charge on any atom is 0.339 e. The molecule has 1 aromatic carbocycles. The lowest BCUT2D eigenvalue weighted by atomic mass is 9.93. The Balaban J connectivity index is 1.86. The lowest BCUT2D eigenvalue weighted by Crippen LogP contribution is -2.33. The number of para-hydroxylation sites is 1. The van der Waals surface area contributed by atoms with Gasteiger partial charge in [0, 0.05) is 31.2 Å². The van der Waals surface area contributed by atoms with Gasteiger partial charge in [-0.05, 0) is 35.6 Å². The minimum atomic E-state index is -0.346. The Morgan fingerprint density at radius 2 is 2.18 bits per heavy atom. The molecule has 2 aromatic rings. The van der Waals surface area contributed by atoms with Gasteiger partial charge in [0.25, 0.3) is 0 Å². The van der Waals surface area contributed by atoms with E-state index in [1.807, 2.05) is 12.3 Å². The Morgan fingerprint density at radius 3 is 3.00 bits per heavy atom. The van der Waals surface area contributed by atoms with Crippen molar-refractivity contribution in [3.05, 3.63) is 59.4 Å². The maximum atomic E-state index is 11.6. The molecule has 0 saturated carbocycles. The summed E-state index contributed by atoms with van der Waals surface area (Å²) in [7, 11) is 1.39. The minimum absolute atomic E-state index is 0.346. The van der Waals surface area contributed by atoms with Gasteiger partial charge in [0.05, 0.1) is 12.7 Å². The van der Waals surface area contributed by atoms with E-state index >= 15 is 0 Å². The summed E-state index contributed by atoms with van der Waals surface area (Å²) in [6.07, 6.45) is 4.48. The Kier molecular flexibility index (Phi) is 4.09. The molecule has 0 amide bonds. The highest BCUT2D eigenvalue weighted by atomic mass is 16.5. The number of rotatable bonds is 3. The third kappa shape index (κ3) is 2.96. The maximum absolute atomic E-state index is 11.6. The minimum Gasteiger partial charge on any atom is -0.465 e. The van der Waals surface area contributed by atoms with Crippen molar-refractivity contribution in [2.45, 2.75) is 19.9 Å². The first-order valence-electron chi connectivity index (χ1n) is 7.52. The quantitative estimate of drug-likeness (QED) is 0.816. The van der Waals surface area contributed by atoms with Crippen molar-refractivity contribution in [2.24, 2.45) is 5.92 Å². The third-order valence-electron chi connectivity index (χ3n) is 4.02. The van der Waals surface area contributed by atoms with E-state index in [0.29, 0.717) is 11.5 Å². The molecule has 4 heteroatoms. The van der Waals surface area contributed by atoms with E-state index in [9.17, 15) is 4.79 Å². The number of pyridine rings is 1. The number of hydrogen-bond acceptors (Lipinski definition) is 4. The number of carbonyl (C=O) groups excluding carboxylic acids is 1. The SMILES string of the molecule is COC(=O)c1cncc(CN2C[C@@H](C)Cc3ccccc32)c1. The van der Waals surface area contributed by atoms with Crippen LogP contribution in [-0.4, -0.2) is 24.6 Å². The molecule has 0 spiro atoms. The lowest BCUT2D eigenvalue weighted by molar-refractivity contribution is 0.0600. The summed E-state index contributed by atoms with van der Waals surface area (Å²) in [6.45, 7) is 4.03. The zero-order valence-electron chi connectivity index (χ0n) is 13.0. The van der Waals surface area contributed by atoms with Gasteiger partial charge in [-0.3, -0.25) is 4.98 Å². The van der Waals surface area contributed by atoms with E-state index in [2.05, 4.69) is 41.1 Å². The molecule has 1 aliphatic heterocycles. The van der Waals surface area contributed by atoms with Gasteiger partial charge in [0.2, 0.25) is 0 Å². The van der Waals surface area contributed by atoms with Crippen LogP contribution in [0, 0.1) is 5.92 Å². The Morgan fingerprint density at radius 1 is 1.36 bits per heavy atom. The molecule has 3 rings (SSSR count). The van der Waals surface area contributed by atoms with Crippen LogP contribution in [0.1, 0.15) is 28.4 Å². The summed E-state index contributed by atoms with van der Waals surface area (Å²) >= 11 is 0. The molecular weight excluding hydrogens is 276 g/mol. The van der Waals surface area contributed by atoms with Crippen LogP contribution in [0.15, 0.2) is 42.7 Å². The number of hydrogen-bond donors (Lipinski definition) is 0. The van der Waals surface area contributed by atoms with Gasteiger partial charge in [-0.15, -0.1) is 0 Å². The molecule has 0 radical (unpaired) electrons. The molecule has 22 heavy (non-hydrogen) atoms. The summed E-state index contributed by atoms with van der Waals surface area (Å²) in [5.41, 5.74) is 4.19. The zero-order chi connectivity index (χ0) is 15.5. The molecule has 2 heterocycles. The van der Waals surface area contributed by atoms with E-state index in [-0.39, 0.29) is 5.97 Å². The second-order valence-corrected chi connectivity index (χ2v) is 5.89. The smallest absolute Gasteiger partial charge is 0.339 e. The van der Waals surface area contributed by atoms with Crippen LogP contribution in [0.4, 0.5) is 5.69 Å². The summed E-state index contributed by atoms with van der Waals surface area (Å²) in [4.78, 5) is 18.2. The first-order valence-corrected chi connectivity index (χ1v) is 7.52. The van der Waals surface area contributed by atoms with Gasteiger partial charge in [-0.1, -0.05) is 25.1 Å². The number of aromatic nitrogens is 1. The molecule has 1 aromatic heterocycles. The average Bonchev–Trinajstić information content (AvgIpc) is 2.54. The van der Waals surface area contributed by atoms with Crippen LogP contribution < -0.4 is 4.90 Å². The van der Waals surface area contributed by atoms with E-state index in [0.717, 1.165) is 25.1 Å². The molecule has 0 fully saturated rings. The lowest BCUT2D eigenvalue weighted by Gasteiger charge is -2.34. The van der Waals surface area contributed by atoms with Gasteiger partial charge < -0.3 is 9.64 Å². The van der Waals surface area contributed by atoms with E-state index in [1.165, 1.54) is 18.4 Å². The molecule has 0 bridgehead atoms. The zero-order valence-corrected chi connectivity index (χ0v) is 13.0. The van der Waals surface area contributed by atoms with E-state index in [4.69, 9.17) is 4.74 Å². The fourth-order valence-corrected chi connectivity index (χ4v) is 3.08. The van der Waals surface area contributed by atoms with Gasteiger partial charge >= 0.3 is 5.97 Å². The number of ether oxygens (including phenoxy) is 1. The monoisotopic (exact) mass is 296 g/mol. The van der Waals surface area contributed by atoms with Crippen LogP contribution in [0.5, 0.6) is 0 Å². The normalized spacial score (nSPS) is 17.0. The molecule has 0 N–H and O–H groups in total. The Bertz CT molecular complexity index is 684. The standard InChI is InChI=1S/C18H20N2O2/c1-13-7-15-5-3-4-6-17(15)20(11-13)12-14-8-16(10-19-9-14)18(21)22-2/h3-6,8-10,13H,7,11-12H2,1-2H3/t13-/m0/s1. The number of benzene rings is 1. The molecule has 114 valence electrons. The van der Waals surface area contributed by atoms with Crippen molar-refractivity contribution in [1.29, 1.82) is 0 Å². The number of anilines is 1. The third-order valence-corrected chi connectivity index (χ3v) is 4.02. The summed E-state index contributed by atoms with van der Waals surface area (Å²) in [5.74, 6) is 0.272. The number of methoxy groups -OCH3 is 1. The van der Waals surface area contributed by atoms with Crippen molar-refractivity contribution in [3.8, 4) is 0 Å². The second kappa shape index (κ2) is 6.18. The topological polar surface area (TPSA) is 42.4 Å². The molecule has 1 atom stereocenters. The van der Waals surface area contributed by atoms with Crippen LogP contribution in [0.25, 0.3) is 0 Å². The van der Waals surface area contributed by atoms with Crippen LogP contribution in [0.3, 0.4) is 0 Å². The molecule has 4 nitrogen and oxygen atoms in total. The van der Waals surface area contributed by atoms with Gasteiger partial charge in [0.1, 0.15) is 0 Å². The van der Waals surface area contributed by atoms with Crippen molar-refractivity contribution in [1.82, 2.24) is 4.98 Å². The van der Waals surface area contributed by atoms with Crippen LogP contribution in [0.2, 0.25) is 0 Å². The van der Waals surface area contributed by atoms with Gasteiger partial charge in [0.15, 0.2) is 0 Å². The fraction of sp³-hybridized carbons (Fsp3) is 0.333. The molecule has 0 unspecified atom stereocenters. The number of esters is 1. The van der Waals surface area contributed by atoms with Crippen molar-refractivity contribution in [3.63, 3.8) is 0 Å². The summed E-state index contributed by atoms with van der Waals surface area (Å²) < 4.78 is 4.76.